The molecule has 0 spiro atoms. The highest BCUT2D eigenvalue weighted by Gasteiger charge is 2.18. The number of carbonyl (C=O) groups excluding carboxylic acids is 2. The number of anilines is 1. The Morgan fingerprint density at radius 2 is 2.08 bits per heavy atom. The van der Waals surface area contributed by atoms with E-state index in [1.807, 2.05) is 19.1 Å². The van der Waals surface area contributed by atoms with E-state index in [4.69, 9.17) is 9.47 Å². The molecule has 26 heavy (non-hydrogen) atoms. The molecule has 0 unspecified atom stereocenters. The van der Waals surface area contributed by atoms with Crippen LogP contribution in [-0.2, 0) is 11.3 Å². The molecule has 3 rings (SSSR count). The minimum absolute atomic E-state index is 0.117. The van der Waals surface area contributed by atoms with E-state index in [0.29, 0.717) is 35.9 Å². The SMILES string of the molecule is CCOc1ccc(/C=C/C(=O)Nc2ccc3c(c2)C(=O)NC3)cc1OC. The maximum atomic E-state index is 12.1. The van der Waals surface area contributed by atoms with Gasteiger partial charge in [-0.3, -0.25) is 9.59 Å². The smallest absolute Gasteiger partial charge is 0.251 e. The van der Waals surface area contributed by atoms with Crippen LogP contribution in [0.25, 0.3) is 6.08 Å². The Labute approximate surface area is 151 Å². The van der Waals surface area contributed by atoms with Crippen LogP contribution >= 0.6 is 0 Å². The number of benzene rings is 2. The summed E-state index contributed by atoms with van der Waals surface area (Å²) in [6, 6.07) is 10.8. The molecule has 1 aliphatic heterocycles. The second-order valence-corrected chi connectivity index (χ2v) is 5.72. The average molecular weight is 352 g/mol. The number of amides is 2. The zero-order chi connectivity index (χ0) is 18.5. The lowest BCUT2D eigenvalue weighted by atomic mass is 10.1. The van der Waals surface area contributed by atoms with Crippen LogP contribution in [0.1, 0.15) is 28.4 Å². The van der Waals surface area contributed by atoms with E-state index < -0.39 is 0 Å². The Hall–Kier alpha value is -3.28. The molecule has 2 N–H and O–H groups in total. The van der Waals surface area contributed by atoms with Crippen molar-refractivity contribution in [1.82, 2.24) is 5.32 Å². The molecule has 2 amide bonds. The highest BCUT2D eigenvalue weighted by atomic mass is 16.5. The van der Waals surface area contributed by atoms with E-state index in [1.54, 1.807) is 37.5 Å². The third-order valence-corrected chi connectivity index (χ3v) is 3.98. The second kappa shape index (κ2) is 7.74. The molecule has 2 aromatic rings. The van der Waals surface area contributed by atoms with Crippen molar-refractivity contribution in [3.8, 4) is 11.5 Å². The van der Waals surface area contributed by atoms with E-state index in [-0.39, 0.29) is 11.8 Å². The summed E-state index contributed by atoms with van der Waals surface area (Å²) < 4.78 is 10.8. The molecule has 0 radical (unpaired) electrons. The first-order valence-corrected chi connectivity index (χ1v) is 8.31. The number of ether oxygens (including phenoxy) is 2. The molecular formula is C20H20N2O4. The quantitative estimate of drug-likeness (QED) is 0.784. The van der Waals surface area contributed by atoms with Crippen molar-refractivity contribution < 1.29 is 19.1 Å². The van der Waals surface area contributed by atoms with Crippen molar-refractivity contribution in [2.45, 2.75) is 13.5 Å². The summed E-state index contributed by atoms with van der Waals surface area (Å²) in [5.74, 6) is 0.872. The predicted molar refractivity (Wildman–Crippen MR) is 99.4 cm³/mol. The summed E-state index contributed by atoms with van der Waals surface area (Å²) in [6.45, 7) is 2.98. The number of fused-ring (bicyclic) bond motifs is 1. The largest absolute Gasteiger partial charge is 0.493 e. The molecule has 0 saturated heterocycles. The minimum atomic E-state index is -0.281. The van der Waals surface area contributed by atoms with Gasteiger partial charge in [-0.2, -0.15) is 0 Å². The van der Waals surface area contributed by atoms with Crippen LogP contribution in [0.5, 0.6) is 11.5 Å². The summed E-state index contributed by atoms with van der Waals surface area (Å²) >= 11 is 0. The first kappa shape index (κ1) is 17.5. The molecule has 6 nitrogen and oxygen atoms in total. The summed E-state index contributed by atoms with van der Waals surface area (Å²) in [7, 11) is 1.57. The van der Waals surface area contributed by atoms with E-state index >= 15 is 0 Å². The zero-order valence-electron chi connectivity index (χ0n) is 14.7. The second-order valence-electron chi connectivity index (χ2n) is 5.72. The van der Waals surface area contributed by atoms with Gasteiger partial charge in [0, 0.05) is 23.9 Å². The first-order valence-electron chi connectivity index (χ1n) is 8.31. The Morgan fingerprint density at radius 1 is 1.23 bits per heavy atom. The number of hydrogen-bond acceptors (Lipinski definition) is 4. The molecule has 2 aromatic carbocycles. The van der Waals surface area contributed by atoms with E-state index in [0.717, 1.165) is 11.1 Å². The highest BCUT2D eigenvalue weighted by molar-refractivity contribution is 6.04. The number of rotatable bonds is 6. The van der Waals surface area contributed by atoms with Gasteiger partial charge in [-0.25, -0.2) is 0 Å². The molecule has 0 aromatic heterocycles. The van der Waals surface area contributed by atoms with Gasteiger partial charge in [0.25, 0.3) is 5.91 Å². The third kappa shape index (κ3) is 3.85. The van der Waals surface area contributed by atoms with Gasteiger partial charge in [-0.1, -0.05) is 12.1 Å². The molecule has 0 aliphatic carbocycles. The van der Waals surface area contributed by atoms with Gasteiger partial charge in [0.2, 0.25) is 5.91 Å². The Bertz CT molecular complexity index is 874. The molecule has 1 heterocycles. The van der Waals surface area contributed by atoms with Gasteiger partial charge in [-0.05, 0) is 48.4 Å². The maximum absolute atomic E-state index is 12.1. The van der Waals surface area contributed by atoms with Crippen molar-refractivity contribution in [2.75, 3.05) is 19.0 Å². The molecule has 0 fully saturated rings. The lowest BCUT2D eigenvalue weighted by molar-refractivity contribution is -0.111. The lowest BCUT2D eigenvalue weighted by Gasteiger charge is -2.09. The number of carbonyl (C=O) groups is 2. The first-order chi connectivity index (χ1) is 12.6. The fraction of sp³-hybridized carbons (Fsp3) is 0.200. The fourth-order valence-corrected chi connectivity index (χ4v) is 2.71. The monoisotopic (exact) mass is 352 g/mol. The highest BCUT2D eigenvalue weighted by Crippen LogP contribution is 2.28. The van der Waals surface area contributed by atoms with Crippen LogP contribution in [-0.4, -0.2) is 25.5 Å². The van der Waals surface area contributed by atoms with Crippen LogP contribution in [0.15, 0.2) is 42.5 Å². The molecule has 134 valence electrons. The van der Waals surface area contributed by atoms with Gasteiger partial charge in [0.15, 0.2) is 11.5 Å². The summed E-state index contributed by atoms with van der Waals surface area (Å²) in [5.41, 5.74) is 2.93. The third-order valence-electron chi connectivity index (χ3n) is 3.98. The van der Waals surface area contributed by atoms with E-state index in [1.165, 1.54) is 6.08 Å². The summed E-state index contributed by atoms with van der Waals surface area (Å²) in [5, 5.41) is 5.51. The van der Waals surface area contributed by atoms with Gasteiger partial charge in [-0.15, -0.1) is 0 Å². The molecular weight excluding hydrogens is 332 g/mol. The Balaban J connectivity index is 1.68. The van der Waals surface area contributed by atoms with Crippen LogP contribution in [0, 0.1) is 0 Å². The number of methoxy groups -OCH3 is 1. The predicted octanol–water partition coefficient (Wildman–Crippen LogP) is 2.99. The minimum Gasteiger partial charge on any atom is -0.493 e. The molecule has 0 saturated carbocycles. The normalized spacial score (nSPS) is 12.6. The fourth-order valence-electron chi connectivity index (χ4n) is 2.71. The number of hydrogen-bond donors (Lipinski definition) is 2. The van der Waals surface area contributed by atoms with Gasteiger partial charge >= 0.3 is 0 Å². The molecule has 6 heteroatoms. The van der Waals surface area contributed by atoms with Crippen LogP contribution in [0.4, 0.5) is 5.69 Å². The molecule has 1 aliphatic rings. The van der Waals surface area contributed by atoms with Crippen LogP contribution in [0.2, 0.25) is 0 Å². The number of nitrogens with one attached hydrogen (secondary N) is 2. The molecule has 0 atom stereocenters. The Morgan fingerprint density at radius 3 is 2.85 bits per heavy atom. The van der Waals surface area contributed by atoms with E-state index in [2.05, 4.69) is 10.6 Å². The van der Waals surface area contributed by atoms with Crippen LogP contribution in [0.3, 0.4) is 0 Å². The standard InChI is InChI=1S/C20H20N2O4/c1-3-26-17-8-4-13(10-18(17)25-2)5-9-19(23)22-15-7-6-14-12-21-20(24)16(14)11-15/h4-11H,3,12H2,1-2H3,(H,21,24)(H,22,23)/b9-5+. The maximum Gasteiger partial charge on any atom is 0.251 e. The average Bonchev–Trinajstić information content (AvgIpc) is 3.01. The van der Waals surface area contributed by atoms with Crippen molar-refractivity contribution >= 4 is 23.6 Å². The topological polar surface area (TPSA) is 76.7 Å². The van der Waals surface area contributed by atoms with Crippen molar-refractivity contribution in [2.24, 2.45) is 0 Å². The Kier molecular flexibility index (Phi) is 5.22. The zero-order valence-corrected chi connectivity index (χ0v) is 14.7. The summed E-state index contributed by atoms with van der Waals surface area (Å²) in [6.07, 6.45) is 3.12. The van der Waals surface area contributed by atoms with Crippen LogP contribution < -0.4 is 20.1 Å². The molecule has 0 bridgehead atoms. The van der Waals surface area contributed by atoms with Crippen molar-refractivity contribution in [3.05, 3.63) is 59.2 Å². The van der Waals surface area contributed by atoms with Crippen molar-refractivity contribution in [1.29, 1.82) is 0 Å². The van der Waals surface area contributed by atoms with Gasteiger partial charge in [0.05, 0.1) is 13.7 Å². The summed E-state index contributed by atoms with van der Waals surface area (Å²) in [4.78, 5) is 23.8. The lowest BCUT2D eigenvalue weighted by Crippen LogP contribution is -2.13. The van der Waals surface area contributed by atoms with Crippen molar-refractivity contribution in [3.63, 3.8) is 0 Å². The van der Waals surface area contributed by atoms with E-state index in [9.17, 15) is 9.59 Å². The van der Waals surface area contributed by atoms with Gasteiger partial charge in [0.1, 0.15) is 0 Å². The van der Waals surface area contributed by atoms with Gasteiger partial charge < -0.3 is 20.1 Å².